The molecule has 0 aliphatic heterocycles. The Hall–Kier alpha value is -2.87. The van der Waals surface area contributed by atoms with Crippen molar-refractivity contribution in [2.24, 2.45) is 28.3 Å². The first kappa shape index (κ1) is 34.6. The zero-order chi connectivity index (χ0) is 31.0. The van der Waals surface area contributed by atoms with Crippen LogP contribution in [0.3, 0.4) is 0 Å². The number of ketones is 2. The average Bonchev–Trinajstić information content (AvgIpc) is 3.69. The first-order valence-electron chi connectivity index (χ1n) is 16.5. The van der Waals surface area contributed by atoms with Gasteiger partial charge >= 0.3 is 0 Å². The Bertz CT molecular complexity index is 1070. The summed E-state index contributed by atoms with van der Waals surface area (Å²) in [6, 6.07) is 3.91. The average molecular weight is 598 g/mol. The van der Waals surface area contributed by atoms with E-state index in [1.807, 2.05) is 18.2 Å². The van der Waals surface area contributed by atoms with Gasteiger partial charge in [0.2, 0.25) is 0 Å². The lowest BCUT2D eigenvalue weighted by molar-refractivity contribution is -0.117. The van der Waals surface area contributed by atoms with Gasteiger partial charge in [0.05, 0.1) is 6.10 Å². The van der Waals surface area contributed by atoms with Crippen LogP contribution in [0.4, 0.5) is 0 Å². The molecule has 0 radical (unpaired) electrons. The molecule has 240 valence electrons. The molecule has 8 heteroatoms. The zero-order valence-electron chi connectivity index (χ0n) is 26.5. The number of phenols is 1. The maximum Gasteiger partial charge on any atom is 0.185 e. The molecule has 1 aromatic rings. The molecule has 2 saturated carbocycles. The largest absolute Gasteiger partial charge is 0.504 e. The number of Topliss-reactive ketones (excluding diaryl/α,β-unsaturated/α-hetero) is 1. The Labute approximate surface area is 258 Å². The number of carbonyl (C=O) groups is 2. The van der Waals surface area contributed by atoms with Crippen LogP contribution in [0.15, 0.2) is 29.3 Å². The first-order valence-corrected chi connectivity index (χ1v) is 16.5. The van der Waals surface area contributed by atoms with E-state index >= 15 is 0 Å². The van der Waals surface area contributed by atoms with Gasteiger partial charge in [-0.05, 0) is 107 Å². The summed E-state index contributed by atoms with van der Waals surface area (Å²) >= 11 is 0. The molecule has 0 heterocycles. The topological polar surface area (TPSA) is 137 Å². The third-order valence-electron chi connectivity index (χ3n) is 9.12. The number of rotatable bonds is 20. The van der Waals surface area contributed by atoms with Gasteiger partial charge in [-0.25, -0.2) is 0 Å². The number of allylic oxidation sites excluding steroid dienone is 2. The van der Waals surface area contributed by atoms with E-state index < -0.39 is 0 Å². The molecule has 43 heavy (non-hydrogen) atoms. The van der Waals surface area contributed by atoms with E-state index in [9.17, 15) is 14.7 Å². The van der Waals surface area contributed by atoms with Crippen molar-refractivity contribution in [3.05, 3.63) is 35.4 Å². The van der Waals surface area contributed by atoms with Crippen LogP contribution in [-0.4, -0.2) is 49.0 Å². The monoisotopic (exact) mass is 597 g/mol. The summed E-state index contributed by atoms with van der Waals surface area (Å²) in [5, 5.41) is 11.6. The van der Waals surface area contributed by atoms with Crippen molar-refractivity contribution in [1.82, 2.24) is 0 Å². The number of aromatic hydroxyl groups is 1. The van der Waals surface area contributed by atoms with Crippen LogP contribution >= 0.6 is 0 Å². The van der Waals surface area contributed by atoms with Crippen molar-refractivity contribution in [2.45, 2.75) is 122 Å². The van der Waals surface area contributed by atoms with Crippen molar-refractivity contribution in [1.29, 1.82) is 0 Å². The van der Waals surface area contributed by atoms with Crippen LogP contribution < -0.4 is 16.2 Å². The number of aryl methyl sites for hydroxylation is 1. The molecule has 0 amide bonds. The normalized spacial score (nSPS) is 17.3. The number of guanidine groups is 1. The molecule has 2 aliphatic carbocycles. The second-order valence-electron chi connectivity index (χ2n) is 12.7. The van der Waals surface area contributed by atoms with Gasteiger partial charge in [-0.2, -0.15) is 0 Å². The van der Waals surface area contributed by atoms with E-state index in [4.69, 9.17) is 20.9 Å². The minimum Gasteiger partial charge on any atom is -0.504 e. The number of hydrogen-bond donors (Lipinski definition) is 3. The summed E-state index contributed by atoms with van der Waals surface area (Å²) in [5.41, 5.74) is 12.8. The number of hydrogen-bond acceptors (Lipinski definition) is 6. The molecule has 3 rings (SSSR count). The highest BCUT2D eigenvalue weighted by Crippen LogP contribution is 2.44. The highest BCUT2D eigenvalue weighted by Gasteiger charge is 2.29. The lowest BCUT2D eigenvalue weighted by Crippen LogP contribution is -2.23. The maximum atomic E-state index is 12.8. The summed E-state index contributed by atoms with van der Waals surface area (Å²) in [4.78, 5) is 29.0. The number of benzene rings is 1. The fraction of sp³-hybridized carbons (Fsp3) is 0.686. The fourth-order valence-electron chi connectivity index (χ4n) is 6.77. The number of phenolic OH excluding ortho intramolecular Hbond substituents is 1. The van der Waals surface area contributed by atoms with Crippen molar-refractivity contribution in [3.8, 4) is 11.5 Å². The van der Waals surface area contributed by atoms with Crippen LogP contribution in [0.2, 0.25) is 0 Å². The van der Waals surface area contributed by atoms with Gasteiger partial charge in [0, 0.05) is 38.7 Å². The SMILES string of the molecule is COC[C@H](CCCN=C(N)N)[C@H](CCC(C)=O)c1cc(CCC(=O)/C=C/CCC2CCCC2)cc(OC2CCCC2)c1O. The third-order valence-corrected chi connectivity index (χ3v) is 9.12. The van der Waals surface area contributed by atoms with Crippen molar-refractivity contribution in [3.63, 3.8) is 0 Å². The summed E-state index contributed by atoms with van der Waals surface area (Å²) < 4.78 is 12.0. The number of nitrogens with two attached hydrogens (primary N) is 2. The van der Waals surface area contributed by atoms with Gasteiger partial charge < -0.3 is 30.8 Å². The van der Waals surface area contributed by atoms with E-state index in [1.54, 1.807) is 20.1 Å². The number of nitrogens with zero attached hydrogens (tertiary/aromatic N) is 1. The fourth-order valence-corrected chi connectivity index (χ4v) is 6.77. The number of ether oxygens (including phenoxy) is 2. The maximum absolute atomic E-state index is 12.8. The molecule has 1 aromatic carbocycles. The summed E-state index contributed by atoms with van der Waals surface area (Å²) in [6.45, 7) is 2.57. The van der Waals surface area contributed by atoms with E-state index in [1.165, 1.54) is 32.1 Å². The Balaban J connectivity index is 1.82. The Morgan fingerprint density at radius 2 is 1.79 bits per heavy atom. The standard InChI is InChI=1S/C35H55N3O5/c1-25(39)17-20-31(28(24-42-2)13-9-21-38-35(36)37)32-22-27(23-33(34(32)41)43-30-15-7-8-16-30)18-19-29(40)14-6-5-12-26-10-3-4-11-26/h6,14,22-23,26,28,30-31,41H,3-5,7-13,15-21,24H2,1-2H3,(H4,36,37,38)/b14-6+/t28-,31-/m0/s1. The molecular weight excluding hydrogens is 542 g/mol. The van der Waals surface area contributed by atoms with Gasteiger partial charge in [0.15, 0.2) is 23.2 Å². The molecule has 0 bridgehead atoms. The van der Waals surface area contributed by atoms with Crippen LogP contribution in [0, 0.1) is 11.8 Å². The molecule has 0 unspecified atom stereocenters. The molecule has 8 nitrogen and oxygen atoms in total. The number of aliphatic imine (C=N–C) groups is 1. The molecule has 0 spiro atoms. The highest BCUT2D eigenvalue weighted by molar-refractivity contribution is 5.89. The molecule has 0 saturated heterocycles. The highest BCUT2D eigenvalue weighted by atomic mass is 16.5. The molecular formula is C35H55N3O5. The summed E-state index contributed by atoms with van der Waals surface area (Å²) in [6.07, 6.45) is 18.9. The third kappa shape index (κ3) is 12.3. The minimum absolute atomic E-state index is 0.0310. The molecule has 5 N–H and O–H groups in total. The van der Waals surface area contributed by atoms with Crippen LogP contribution in [-0.2, 0) is 20.7 Å². The van der Waals surface area contributed by atoms with Gasteiger partial charge in [0.25, 0.3) is 0 Å². The Kier molecular flexibility index (Phi) is 15.1. The van der Waals surface area contributed by atoms with Crippen molar-refractivity contribution < 1.29 is 24.2 Å². The van der Waals surface area contributed by atoms with Gasteiger partial charge in [-0.1, -0.05) is 37.8 Å². The van der Waals surface area contributed by atoms with Gasteiger partial charge in [-0.15, -0.1) is 0 Å². The van der Waals surface area contributed by atoms with Gasteiger partial charge in [0.1, 0.15) is 5.78 Å². The molecule has 2 fully saturated rings. The van der Waals surface area contributed by atoms with E-state index in [-0.39, 0.29) is 41.2 Å². The molecule has 2 atom stereocenters. The number of carbonyl (C=O) groups excluding carboxylic acids is 2. The quantitative estimate of drug-likeness (QED) is 0.0674. The number of methoxy groups -OCH3 is 1. The van der Waals surface area contributed by atoms with E-state index in [0.717, 1.165) is 62.0 Å². The van der Waals surface area contributed by atoms with Gasteiger partial charge in [-0.3, -0.25) is 9.79 Å². The predicted molar refractivity (Wildman–Crippen MR) is 173 cm³/mol. The first-order chi connectivity index (χ1) is 20.8. The second kappa shape index (κ2) is 18.7. The molecule has 0 aromatic heterocycles. The summed E-state index contributed by atoms with van der Waals surface area (Å²) in [7, 11) is 1.67. The lowest BCUT2D eigenvalue weighted by atomic mass is 9.79. The zero-order valence-corrected chi connectivity index (χ0v) is 26.5. The smallest absolute Gasteiger partial charge is 0.185 e. The summed E-state index contributed by atoms with van der Waals surface area (Å²) in [5.74, 6) is 1.60. The van der Waals surface area contributed by atoms with Crippen LogP contribution in [0.25, 0.3) is 0 Å². The Morgan fingerprint density at radius 1 is 1.07 bits per heavy atom. The minimum atomic E-state index is -0.139. The van der Waals surface area contributed by atoms with Crippen LogP contribution in [0.5, 0.6) is 11.5 Å². The van der Waals surface area contributed by atoms with E-state index in [2.05, 4.69) is 4.99 Å². The molecule has 2 aliphatic rings. The Morgan fingerprint density at radius 3 is 2.47 bits per heavy atom. The van der Waals surface area contributed by atoms with Crippen molar-refractivity contribution in [2.75, 3.05) is 20.3 Å². The van der Waals surface area contributed by atoms with E-state index in [0.29, 0.717) is 44.6 Å². The van der Waals surface area contributed by atoms with Crippen molar-refractivity contribution >= 4 is 17.5 Å². The lowest BCUT2D eigenvalue weighted by Gasteiger charge is -2.29. The second-order valence-corrected chi connectivity index (χ2v) is 12.7. The van der Waals surface area contributed by atoms with Crippen LogP contribution in [0.1, 0.15) is 120 Å². The predicted octanol–water partition coefficient (Wildman–Crippen LogP) is 6.51.